The zero-order valence-corrected chi connectivity index (χ0v) is 11.2. The Morgan fingerprint density at radius 3 is 2.75 bits per heavy atom. The van der Waals surface area contributed by atoms with Gasteiger partial charge in [-0.25, -0.2) is 14.6 Å². The zero-order valence-electron chi connectivity index (χ0n) is 11.2. The van der Waals surface area contributed by atoms with Crippen LogP contribution in [0.25, 0.3) is 0 Å². The summed E-state index contributed by atoms with van der Waals surface area (Å²) in [7, 11) is 0. The van der Waals surface area contributed by atoms with Gasteiger partial charge in [0, 0.05) is 32.0 Å². The van der Waals surface area contributed by atoms with Crippen LogP contribution in [0.15, 0.2) is 18.7 Å². The van der Waals surface area contributed by atoms with Crippen LogP contribution in [0, 0.1) is 0 Å². The van der Waals surface area contributed by atoms with Gasteiger partial charge in [0.05, 0.1) is 12.9 Å². The first-order chi connectivity index (χ1) is 9.68. The van der Waals surface area contributed by atoms with Crippen molar-refractivity contribution in [3.63, 3.8) is 0 Å². The van der Waals surface area contributed by atoms with E-state index in [0.717, 1.165) is 19.4 Å². The third-order valence-electron chi connectivity index (χ3n) is 2.45. The monoisotopic (exact) mass is 284 g/mol. The molecule has 0 spiro atoms. The fourth-order valence-electron chi connectivity index (χ4n) is 1.50. The van der Waals surface area contributed by atoms with Crippen LogP contribution < -0.4 is 10.6 Å². The Balaban J connectivity index is 1.88. The Morgan fingerprint density at radius 2 is 2.05 bits per heavy atom. The van der Waals surface area contributed by atoms with E-state index in [2.05, 4.69) is 15.6 Å². The Bertz CT molecular complexity index is 394. The predicted molar refractivity (Wildman–Crippen MR) is 71.3 cm³/mol. The highest BCUT2D eigenvalue weighted by molar-refractivity contribution is 5.73. The largest absolute Gasteiger partial charge is 0.480 e. The van der Waals surface area contributed by atoms with Gasteiger partial charge in [-0.3, -0.25) is 0 Å². The minimum Gasteiger partial charge on any atom is -0.480 e. The number of aryl methyl sites for hydroxylation is 1. The maximum absolute atomic E-state index is 11.3. The summed E-state index contributed by atoms with van der Waals surface area (Å²) >= 11 is 0. The van der Waals surface area contributed by atoms with Crippen molar-refractivity contribution in [2.24, 2.45) is 0 Å². The molecule has 0 saturated carbocycles. The van der Waals surface area contributed by atoms with Crippen LogP contribution in [0.5, 0.6) is 0 Å². The lowest BCUT2D eigenvalue weighted by atomic mass is 10.3. The SMILES string of the molecule is O=C(O)COCCNC(=O)NCCCCn1ccnc1. The molecule has 0 aliphatic heterocycles. The van der Waals surface area contributed by atoms with Gasteiger partial charge in [0.25, 0.3) is 0 Å². The van der Waals surface area contributed by atoms with Crippen LogP contribution in [-0.4, -0.2) is 53.0 Å². The van der Waals surface area contributed by atoms with Crippen molar-refractivity contribution in [1.82, 2.24) is 20.2 Å². The van der Waals surface area contributed by atoms with Crippen LogP contribution in [0.2, 0.25) is 0 Å². The van der Waals surface area contributed by atoms with E-state index >= 15 is 0 Å². The topological polar surface area (TPSA) is 105 Å². The van der Waals surface area contributed by atoms with Crippen molar-refractivity contribution in [2.75, 3.05) is 26.3 Å². The molecule has 0 fully saturated rings. The molecule has 0 aliphatic carbocycles. The number of nitrogens with one attached hydrogen (secondary N) is 2. The average molecular weight is 284 g/mol. The number of imidazole rings is 1. The molecule has 3 N–H and O–H groups in total. The molecule has 1 rings (SSSR count). The standard InChI is InChI=1S/C12H20N4O4/c17-11(18)9-20-8-5-15-12(19)14-3-1-2-6-16-7-4-13-10-16/h4,7,10H,1-3,5-6,8-9H2,(H,17,18)(H2,14,15,19). The van der Waals surface area contributed by atoms with Crippen molar-refractivity contribution in [3.8, 4) is 0 Å². The summed E-state index contributed by atoms with van der Waals surface area (Å²) in [6.45, 7) is 1.59. The number of unbranched alkanes of at least 4 members (excludes halogenated alkanes) is 1. The molecule has 1 aromatic rings. The number of rotatable bonds is 10. The number of urea groups is 1. The van der Waals surface area contributed by atoms with Gasteiger partial charge in [-0.1, -0.05) is 0 Å². The highest BCUT2D eigenvalue weighted by Crippen LogP contribution is 1.93. The molecule has 0 saturated heterocycles. The number of ether oxygens (including phenoxy) is 1. The molecule has 112 valence electrons. The number of nitrogens with zero attached hydrogens (tertiary/aromatic N) is 2. The average Bonchev–Trinajstić information content (AvgIpc) is 2.90. The number of carboxylic acid groups (broad SMARTS) is 1. The smallest absolute Gasteiger partial charge is 0.329 e. The second kappa shape index (κ2) is 9.79. The van der Waals surface area contributed by atoms with Crippen LogP contribution in [-0.2, 0) is 16.1 Å². The lowest BCUT2D eigenvalue weighted by Gasteiger charge is -2.07. The summed E-state index contributed by atoms with van der Waals surface area (Å²) in [5, 5.41) is 13.6. The minimum absolute atomic E-state index is 0.181. The summed E-state index contributed by atoms with van der Waals surface area (Å²) < 4.78 is 6.77. The van der Waals surface area contributed by atoms with E-state index in [0.29, 0.717) is 6.54 Å². The summed E-state index contributed by atoms with van der Waals surface area (Å²) in [6, 6.07) is -0.272. The van der Waals surface area contributed by atoms with Crippen molar-refractivity contribution >= 4 is 12.0 Å². The minimum atomic E-state index is -1.02. The quantitative estimate of drug-likeness (QED) is 0.527. The molecule has 2 amide bonds. The molecule has 1 heterocycles. The van der Waals surface area contributed by atoms with Gasteiger partial charge in [-0.15, -0.1) is 0 Å². The molecule has 0 bridgehead atoms. The van der Waals surface area contributed by atoms with Crippen LogP contribution >= 0.6 is 0 Å². The third-order valence-corrected chi connectivity index (χ3v) is 2.45. The Labute approximate surface area is 117 Å². The van der Waals surface area contributed by atoms with E-state index in [-0.39, 0.29) is 25.8 Å². The number of carbonyl (C=O) groups excluding carboxylic acids is 1. The van der Waals surface area contributed by atoms with E-state index in [1.165, 1.54) is 0 Å². The van der Waals surface area contributed by atoms with E-state index in [9.17, 15) is 9.59 Å². The summed E-state index contributed by atoms with van der Waals surface area (Å²) in [5.74, 6) is -1.02. The first kappa shape index (κ1) is 16.0. The van der Waals surface area contributed by atoms with Gasteiger partial charge in [-0.05, 0) is 12.8 Å². The number of carboxylic acids is 1. The number of hydrogen-bond donors (Lipinski definition) is 3. The number of hydrogen-bond acceptors (Lipinski definition) is 4. The molecule has 0 aromatic carbocycles. The summed E-state index contributed by atoms with van der Waals surface area (Å²) in [6.07, 6.45) is 7.23. The van der Waals surface area contributed by atoms with E-state index in [1.54, 1.807) is 12.5 Å². The van der Waals surface area contributed by atoms with Gasteiger partial charge in [0.15, 0.2) is 0 Å². The zero-order chi connectivity index (χ0) is 14.6. The molecule has 0 aliphatic rings. The summed E-state index contributed by atoms with van der Waals surface area (Å²) in [4.78, 5) is 25.4. The second-order valence-corrected chi connectivity index (χ2v) is 4.14. The molecule has 8 heteroatoms. The predicted octanol–water partition coefficient (Wildman–Crippen LogP) is 0.0637. The first-order valence-corrected chi connectivity index (χ1v) is 6.45. The normalized spacial score (nSPS) is 10.2. The number of carbonyl (C=O) groups is 2. The van der Waals surface area contributed by atoms with Gasteiger partial charge >= 0.3 is 12.0 Å². The Kier molecular flexibility index (Phi) is 7.82. The number of aromatic nitrogens is 2. The van der Waals surface area contributed by atoms with Gasteiger partial charge in [0.2, 0.25) is 0 Å². The maximum Gasteiger partial charge on any atom is 0.329 e. The maximum atomic E-state index is 11.3. The van der Waals surface area contributed by atoms with Crippen LogP contribution in [0.3, 0.4) is 0 Å². The van der Waals surface area contributed by atoms with Gasteiger partial charge in [0.1, 0.15) is 6.61 Å². The Hall–Kier alpha value is -2.09. The highest BCUT2D eigenvalue weighted by Gasteiger charge is 2.00. The molecule has 0 atom stereocenters. The van der Waals surface area contributed by atoms with Gasteiger partial charge in [-0.2, -0.15) is 0 Å². The molecule has 0 radical (unpaired) electrons. The lowest BCUT2D eigenvalue weighted by molar-refractivity contribution is -0.142. The molecular formula is C12H20N4O4. The first-order valence-electron chi connectivity index (χ1n) is 6.45. The van der Waals surface area contributed by atoms with E-state index in [1.807, 2.05) is 10.8 Å². The lowest BCUT2D eigenvalue weighted by Crippen LogP contribution is -2.38. The van der Waals surface area contributed by atoms with Crippen molar-refractivity contribution in [2.45, 2.75) is 19.4 Å². The van der Waals surface area contributed by atoms with E-state index in [4.69, 9.17) is 9.84 Å². The van der Waals surface area contributed by atoms with E-state index < -0.39 is 5.97 Å². The highest BCUT2D eigenvalue weighted by atomic mass is 16.5. The fraction of sp³-hybridized carbons (Fsp3) is 0.583. The molecule has 0 unspecified atom stereocenters. The number of aliphatic carboxylic acids is 1. The van der Waals surface area contributed by atoms with Crippen molar-refractivity contribution in [3.05, 3.63) is 18.7 Å². The number of amides is 2. The second-order valence-electron chi connectivity index (χ2n) is 4.14. The fourth-order valence-corrected chi connectivity index (χ4v) is 1.50. The van der Waals surface area contributed by atoms with Crippen molar-refractivity contribution in [1.29, 1.82) is 0 Å². The Morgan fingerprint density at radius 1 is 1.25 bits per heavy atom. The van der Waals surface area contributed by atoms with Crippen molar-refractivity contribution < 1.29 is 19.4 Å². The van der Waals surface area contributed by atoms with Crippen LogP contribution in [0.1, 0.15) is 12.8 Å². The summed E-state index contributed by atoms with van der Waals surface area (Å²) in [5.41, 5.74) is 0. The molecule has 1 aromatic heterocycles. The van der Waals surface area contributed by atoms with Gasteiger partial charge < -0.3 is 25.0 Å². The molecule has 20 heavy (non-hydrogen) atoms. The third kappa shape index (κ3) is 8.09. The van der Waals surface area contributed by atoms with Crippen LogP contribution in [0.4, 0.5) is 4.79 Å². The molecular weight excluding hydrogens is 264 g/mol. The molecule has 8 nitrogen and oxygen atoms in total.